The van der Waals surface area contributed by atoms with Gasteiger partial charge in [-0.25, -0.2) is 0 Å². The highest BCUT2D eigenvalue weighted by molar-refractivity contribution is 5.51. The summed E-state index contributed by atoms with van der Waals surface area (Å²) in [6.07, 6.45) is 0. The Morgan fingerprint density at radius 1 is 1.60 bits per heavy atom. The van der Waals surface area contributed by atoms with Crippen molar-refractivity contribution in [3.63, 3.8) is 0 Å². The monoisotopic (exact) mass is 206 g/mol. The second-order valence-electron chi connectivity index (χ2n) is 2.79. The van der Waals surface area contributed by atoms with Crippen molar-refractivity contribution in [2.24, 2.45) is 0 Å². The van der Waals surface area contributed by atoms with Crippen LogP contribution < -0.4 is 5.32 Å². The number of nitro benzene ring substituents is 1. The molecule has 1 rings (SSSR count). The second kappa shape index (κ2) is 4.98. The maximum absolute atomic E-state index is 10.5. The fraction of sp³-hybridized carbons (Fsp3) is 0.200. The third-order valence-electron chi connectivity index (χ3n) is 1.68. The number of non-ortho nitro benzene ring substituents is 1. The molecule has 0 bridgehead atoms. The molecule has 0 heterocycles. The fourth-order valence-electron chi connectivity index (χ4n) is 0.966. The highest BCUT2D eigenvalue weighted by Gasteiger charge is 2.08. The SMILES string of the molecule is CNCC#Cc1cc([N+](=O)[O-])ccc1O. The van der Waals surface area contributed by atoms with Crippen molar-refractivity contribution in [2.45, 2.75) is 0 Å². The molecule has 78 valence electrons. The lowest BCUT2D eigenvalue weighted by Gasteiger charge is -1.96. The van der Waals surface area contributed by atoms with Crippen LogP contribution in [0.2, 0.25) is 0 Å². The van der Waals surface area contributed by atoms with E-state index >= 15 is 0 Å². The Hall–Kier alpha value is -2.06. The lowest BCUT2D eigenvalue weighted by Crippen LogP contribution is -2.04. The van der Waals surface area contributed by atoms with Gasteiger partial charge in [0, 0.05) is 12.1 Å². The molecule has 15 heavy (non-hydrogen) atoms. The molecule has 0 saturated carbocycles. The van der Waals surface area contributed by atoms with Gasteiger partial charge >= 0.3 is 0 Å². The molecule has 1 aromatic rings. The van der Waals surface area contributed by atoms with Crippen molar-refractivity contribution >= 4 is 5.69 Å². The molecule has 0 amide bonds. The normalized spacial score (nSPS) is 9.13. The maximum Gasteiger partial charge on any atom is 0.270 e. The van der Waals surface area contributed by atoms with E-state index in [2.05, 4.69) is 17.2 Å². The Morgan fingerprint density at radius 3 is 2.93 bits per heavy atom. The summed E-state index contributed by atoms with van der Waals surface area (Å²) in [5, 5.41) is 22.6. The molecule has 0 aliphatic rings. The highest BCUT2D eigenvalue weighted by atomic mass is 16.6. The molecule has 0 radical (unpaired) electrons. The van der Waals surface area contributed by atoms with E-state index in [-0.39, 0.29) is 17.0 Å². The first kappa shape index (κ1) is 11.0. The van der Waals surface area contributed by atoms with Gasteiger partial charge in [0.15, 0.2) is 0 Å². The van der Waals surface area contributed by atoms with E-state index in [0.29, 0.717) is 6.54 Å². The van der Waals surface area contributed by atoms with E-state index < -0.39 is 4.92 Å². The number of nitrogens with zero attached hydrogens (tertiary/aromatic N) is 1. The van der Waals surface area contributed by atoms with E-state index in [1.54, 1.807) is 7.05 Å². The maximum atomic E-state index is 10.5. The van der Waals surface area contributed by atoms with Crippen LogP contribution in [0.15, 0.2) is 18.2 Å². The first-order chi connectivity index (χ1) is 7.15. The van der Waals surface area contributed by atoms with Crippen LogP contribution in [0.5, 0.6) is 5.75 Å². The van der Waals surface area contributed by atoms with Crippen LogP contribution in [0.4, 0.5) is 5.69 Å². The van der Waals surface area contributed by atoms with Gasteiger partial charge in [0.2, 0.25) is 0 Å². The van der Waals surface area contributed by atoms with Gasteiger partial charge in [-0.2, -0.15) is 0 Å². The Bertz CT molecular complexity index is 432. The topological polar surface area (TPSA) is 75.4 Å². The number of nitro groups is 1. The average Bonchev–Trinajstić information content (AvgIpc) is 2.20. The van der Waals surface area contributed by atoms with Crippen molar-refractivity contribution in [2.75, 3.05) is 13.6 Å². The largest absolute Gasteiger partial charge is 0.507 e. The van der Waals surface area contributed by atoms with Crippen LogP contribution in [-0.2, 0) is 0 Å². The summed E-state index contributed by atoms with van der Waals surface area (Å²) >= 11 is 0. The molecular weight excluding hydrogens is 196 g/mol. The van der Waals surface area contributed by atoms with Gasteiger partial charge in [-0.05, 0) is 13.1 Å². The predicted molar refractivity (Wildman–Crippen MR) is 55.6 cm³/mol. The van der Waals surface area contributed by atoms with Crippen molar-refractivity contribution in [3.05, 3.63) is 33.9 Å². The molecule has 0 atom stereocenters. The Labute approximate surface area is 86.9 Å². The molecule has 0 aliphatic heterocycles. The third-order valence-corrected chi connectivity index (χ3v) is 1.68. The number of benzene rings is 1. The molecule has 5 nitrogen and oxygen atoms in total. The first-order valence-electron chi connectivity index (χ1n) is 4.26. The minimum atomic E-state index is -0.525. The summed E-state index contributed by atoms with van der Waals surface area (Å²) in [7, 11) is 1.74. The first-order valence-corrected chi connectivity index (χ1v) is 4.26. The standard InChI is InChI=1S/C10H10N2O3/c1-11-6-2-3-8-7-9(12(14)15)4-5-10(8)13/h4-5,7,11,13H,6H2,1H3. The van der Waals surface area contributed by atoms with Crippen molar-refractivity contribution < 1.29 is 10.0 Å². The number of rotatable bonds is 2. The van der Waals surface area contributed by atoms with Gasteiger partial charge in [-0.3, -0.25) is 10.1 Å². The zero-order valence-corrected chi connectivity index (χ0v) is 8.15. The molecule has 0 aliphatic carbocycles. The lowest BCUT2D eigenvalue weighted by molar-refractivity contribution is -0.384. The van der Waals surface area contributed by atoms with Crippen LogP contribution in [0.1, 0.15) is 5.56 Å². The summed E-state index contributed by atoms with van der Waals surface area (Å²) in [6, 6.07) is 3.75. The van der Waals surface area contributed by atoms with E-state index in [0.717, 1.165) is 0 Å². The second-order valence-corrected chi connectivity index (χ2v) is 2.79. The summed E-state index contributed by atoms with van der Waals surface area (Å²) in [5.41, 5.74) is 0.181. The van der Waals surface area contributed by atoms with Gasteiger partial charge in [0.1, 0.15) is 5.75 Å². The van der Waals surface area contributed by atoms with Gasteiger partial charge < -0.3 is 10.4 Å². The lowest BCUT2D eigenvalue weighted by atomic mass is 10.2. The average molecular weight is 206 g/mol. The van der Waals surface area contributed by atoms with Gasteiger partial charge in [0.05, 0.1) is 17.0 Å². The fourth-order valence-corrected chi connectivity index (χ4v) is 0.966. The Morgan fingerprint density at radius 2 is 2.33 bits per heavy atom. The van der Waals surface area contributed by atoms with E-state index in [1.165, 1.54) is 18.2 Å². The number of hydrogen-bond acceptors (Lipinski definition) is 4. The Balaban J connectivity index is 3.02. The number of aromatic hydroxyl groups is 1. The van der Waals surface area contributed by atoms with Crippen molar-refractivity contribution in [3.8, 4) is 17.6 Å². The molecule has 1 aromatic carbocycles. The minimum Gasteiger partial charge on any atom is -0.507 e. The summed E-state index contributed by atoms with van der Waals surface area (Å²) < 4.78 is 0. The summed E-state index contributed by atoms with van der Waals surface area (Å²) in [6.45, 7) is 0.460. The molecule has 0 fully saturated rings. The minimum absolute atomic E-state index is 0.0517. The van der Waals surface area contributed by atoms with Crippen LogP contribution in [0.25, 0.3) is 0 Å². The smallest absolute Gasteiger partial charge is 0.270 e. The number of phenolic OH excluding ortho intramolecular Hbond substituents is 1. The van der Waals surface area contributed by atoms with Gasteiger partial charge in [-0.15, -0.1) is 0 Å². The van der Waals surface area contributed by atoms with E-state index in [9.17, 15) is 15.2 Å². The van der Waals surface area contributed by atoms with E-state index in [4.69, 9.17) is 0 Å². The number of phenols is 1. The Kier molecular flexibility index (Phi) is 3.66. The molecule has 2 N–H and O–H groups in total. The van der Waals surface area contributed by atoms with Gasteiger partial charge in [-0.1, -0.05) is 11.8 Å². The molecule has 0 aromatic heterocycles. The molecule has 0 saturated heterocycles. The number of nitrogens with one attached hydrogen (secondary N) is 1. The van der Waals surface area contributed by atoms with Crippen molar-refractivity contribution in [1.29, 1.82) is 0 Å². The van der Waals surface area contributed by atoms with Crippen LogP contribution in [0.3, 0.4) is 0 Å². The van der Waals surface area contributed by atoms with Crippen molar-refractivity contribution in [1.82, 2.24) is 5.32 Å². The molecule has 0 spiro atoms. The predicted octanol–water partition coefficient (Wildman–Crippen LogP) is 0.871. The molecular formula is C10H10N2O3. The van der Waals surface area contributed by atoms with Crippen LogP contribution in [0, 0.1) is 22.0 Å². The summed E-state index contributed by atoms with van der Waals surface area (Å²) in [5.74, 6) is 5.31. The summed E-state index contributed by atoms with van der Waals surface area (Å²) in [4.78, 5) is 9.93. The highest BCUT2D eigenvalue weighted by Crippen LogP contribution is 2.21. The quantitative estimate of drug-likeness (QED) is 0.427. The zero-order valence-electron chi connectivity index (χ0n) is 8.15. The van der Waals surface area contributed by atoms with Gasteiger partial charge in [0.25, 0.3) is 5.69 Å². The van der Waals surface area contributed by atoms with Crippen LogP contribution in [-0.4, -0.2) is 23.6 Å². The number of hydrogen-bond donors (Lipinski definition) is 2. The van der Waals surface area contributed by atoms with E-state index in [1.807, 2.05) is 0 Å². The molecule has 5 heteroatoms. The zero-order chi connectivity index (χ0) is 11.3. The van der Waals surface area contributed by atoms with Crippen LogP contribution >= 0.6 is 0 Å². The third kappa shape index (κ3) is 2.97. The molecule has 0 unspecified atom stereocenters.